The lowest BCUT2D eigenvalue weighted by Crippen LogP contribution is -2.45. The second kappa shape index (κ2) is 4.19. The number of halogens is 1. The summed E-state index contributed by atoms with van der Waals surface area (Å²) in [5, 5.41) is 8.67. The van der Waals surface area contributed by atoms with Crippen molar-refractivity contribution in [2.45, 2.75) is 6.04 Å². The van der Waals surface area contributed by atoms with Crippen LogP contribution in [0.25, 0.3) is 0 Å². The SMILES string of the molecule is NC(CN1C(=O)C(=O)c2cccc(F)c21)C(=O)O. The van der Waals surface area contributed by atoms with E-state index in [9.17, 15) is 18.8 Å². The number of amides is 1. The van der Waals surface area contributed by atoms with Crippen LogP contribution in [0.2, 0.25) is 0 Å². The van der Waals surface area contributed by atoms with Gasteiger partial charge in [-0.1, -0.05) is 6.07 Å². The van der Waals surface area contributed by atoms with Crippen molar-refractivity contribution in [3.05, 3.63) is 29.6 Å². The fraction of sp³-hybridized carbons (Fsp3) is 0.182. The van der Waals surface area contributed by atoms with Crippen molar-refractivity contribution in [3.8, 4) is 0 Å². The highest BCUT2D eigenvalue weighted by molar-refractivity contribution is 6.52. The summed E-state index contributed by atoms with van der Waals surface area (Å²) in [5.41, 5.74) is 5.01. The number of nitrogens with two attached hydrogens (primary N) is 1. The van der Waals surface area contributed by atoms with Crippen molar-refractivity contribution in [1.82, 2.24) is 0 Å². The molecule has 6 nitrogen and oxygen atoms in total. The molecule has 1 unspecified atom stereocenters. The Morgan fingerprint density at radius 2 is 2.11 bits per heavy atom. The minimum atomic E-state index is -1.38. The van der Waals surface area contributed by atoms with Gasteiger partial charge in [-0.3, -0.25) is 19.3 Å². The highest BCUT2D eigenvalue weighted by Gasteiger charge is 2.39. The second-order valence-electron chi connectivity index (χ2n) is 3.83. The maximum atomic E-state index is 13.6. The zero-order valence-corrected chi connectivity index (χ0v) is 9.09. The first-order chi connectivity index (χ1) is 8.43. The van der Waals surface area contributed by atoms with Crippen LogP contribution in [-0.4, -0.2) is 35.4 Å². The van der Waals surface area contributed by atoms with Gasteiger partial charge in [0.25, 0.3) is 11.7 Å². The molecule has 0 aromatic heterocycles. The molecule has 0 aliphatic carbocycles. The highest BCUT2D eigenvalue weighted by Crippen LogP contribution is 2.31. The summed E-state index contributed by atoms with van der Waals surface area (Å²) in [6.45, 7) is -0.451. The number of Topliss-reactive ketones (excluding diaryl/α,β-unsaturated/α-hetero) is 1. The first-order valence-corrected chi connectivity index (χ1v) is 5.06. The normalized spacial score (nSPS) is 15.8. The Labute approximate surface area is 101 Å². The number of carboxylic acid groups (broad SMARTS) is 1. The number of benzene rings is 1. The van der Waals surface area contributed by atoms with E-state index in [2.05, 4.69) is 0 Å². The topological polar surface area (TPSA) is 101 Å². The molecule has 1 aliphatic heterocycles. The van der Waals surface area contributed by atoms with Crippen LogP contribution in [-0.2, 0) is 9.59 Å². The van der Waals surface area contributed by atoms with Crippen LogP contribution in [0, 0.1) is 5.82 Å². The van der Waals surface area contributed by atoms with Crippen molar-refractivity contribution in [2.75, 3.05) is 11.4 Å². The number of para-hydroxylation sites is 1. The van der Waals surface area contributed by atoms with Gasteiger partial charge >= 0.3 is 5.97 Å². The second-order valence-corrected chi connectivity index (χ2v) is 3.83. The van der Waals surface area contributed by atoms with Crippen LogP contribution in [0.5, 0.6) is 0 Å². The molecule has 0 saturated heterocycles. The average Bonchev–Trinajstić information content (AvgIpc) is 2.56. The average molecular weight is 252 g/mol. The molecule has 0 bridgehead atoms. The molecule has 0 fully saturated rings. The number of carbonyl (C=O) groups excluding carboxylic acids is 2. The van der Waals surface area contributed by atoms with Crippen molar-refractivity contribution in [1.29, 1.82) is 0 Å². The van der Waals surface area contributed by atoms with E-state index in [1.165, 1.54) is 12.1 Å². The van der Waals surface area contributed by atoms with E-state index in [-0.39, 0.29) is 11.3 Å². The molecule has 1 aromatic rings. The Morgan fingerprint density at radius 1 is 1.44 bits per heavy atom. The van der Waals surface area contributed by atoms with Crippen LogP contribution >= 0.6 is 0 Å². The molecular formula is C11H9FN2O4. The minimum Gasteiger partial charge on any atom is -0.480 e. The molecule has 0 radical (unpaired) electrons. The molecule has 3 N–H and O–H groups in total. The summed E-state index contributed by atoms with van der Waals surface area (Å²) >= 11 is 0. The van der Waals surface area contributed by atoms with E-state index in [0.717, 1.165) is 11.0 Å². The van der Waals surface area contributed by atoms with Crippen LogP contribution in [0.3, 0.4) is 0 Å². The van der Waals surface area contributed by atoms with Crippen LogP contribution in [0.1, 0.15) is 10.4 Å². The Hall–Kier alpha value is -2.28. The van der Waals surface area contributed by atoms with Gasteiger partial charge in [0.1, 0.15) is 11.9 Å². The lowest BCUT2D eigenvalue weighted by atomic mass is 10.1. The fourth-order valence-corrected chi connectivity index (χ4v) is 1.76. The fourth-order valence-electron chi connectivity index (χ4n) is 1.76. The van der Waals surface area contributed by atoms with Crippen molar-refractivity contribution in [3.63, 3.8) is 0 Å². The van der Waals surface area contributed by atoms with E-state index in [0.29, 0.717) is 0 Å². The molecule has 1 atom stereocenters. The molecular weight excluding hydrogens is 243 g/mol. The smallest absolute Gasteiger partial charge is 0.322 e. The third-order valence-electron chi connectivity index (χ3n) is 2.64. The van der Waals surface area contributed by atoms with E-state index in [1.54, 1.807) is 0 Å². The largest absolute Gasteiger partial charge is 0.480 e. The van der Waals surface area contributed by atoms with Gasteiger partial charge in [-0.25, -0.2) is 4.39 Å². The zero-order chi connectivity index (χ0) is 13.4. The third kappa shape index (κ3) is 1.74. The molecule has 0 spiro atoms. The predicted octanol–water partition coefficient (Wildman–Crippen LogP) is -0.233. The van der Waals surface area contributed by atoms with E-state index >= 15 is 0 Å². The number of carboxylic acids is 1. The van der Waals surface area contributed by atoms with Crippen LogP contribution in [0.15, 0.2) is 18.2 Å². The molecule has 1 heterocycles. The summed E-state index contributed by atoms with van der Waals surface area (Å²) < 4.78 is 13.6. The first-order valence-electron chi connectivity index (χ1n) is 5.06. The van der Waals surface area contributed by atoms with E-state index in [4.69, 9.17) is 10.8 Å². The minimum absolute atomic E-state index is 0.0717. The summed E-state index contributed by atoms with van der Waals surface area (Å²) in [5.74, 6) is -3.92. The Morgan fingerprint density at radius 3 is 2.72 bits per heavy atom. The maximum Gasteiger partial charge on any atom is 0.322 e. The van der Waals surface area contributed by atoms with Crippen molar-refractivity contribution in [2.24, 2.45) is 5.73 Å². The highest BCUT2D eigenvalue weighted by atomic mass is 19.1. The van der Waals surface area contributed by atoms with Gasteiger partial charge in [0, 0.05) is 0 Å². The van der Waals surface area contributed by atoms with Gasteiger partial charge < -0.3 is 10.8 Å². The molecule has 0 saturated carbocycles. The molecule has 2 rings (SSSR count). The molecule has 1 aliphatic rings. The van der Waals surface area contributed by atoms with E-state index in [1.807, 2.05) is 0 Å². The van der Waals surface area contributed by atoms with Gasteiger partial charge in [0.2, 0.25) is 0 Å². The summed E-state index contributed by atoms with van der Waals surface area (Å²) in [6, 6.07) is 2.32. The number of hydrogen-bond donors (Lipinski definition) is 2. The lowest BCUT2D eigenvalue weighted by Gasteiger charge is -2.19. The standard InChI is InChI=1S/C11H9FN2O4/c12-6-3-1-2-5-8(6)14(10(16)9(5)15)4-7(13)11(17)18/h1-3,7H,4,13H2,(H,17,18). The Balaban J connectivity index is 2.42. The summed E-state index contributed by atoms with van der Waals surface area (Å²) in [7, 11) is 0. The van der Waals surface area contributed by atoms with Crippen LogP contribution in [0.4, 0.5) is 10.1 Å². The first kappa shape index (κ1) is 12.2. The number of hydrogen-bond acceptors (Lipinski definition) is 4. The quantitative estimate of drug-likeness (QED) is 0.723. The third-order valence-corrected chi connectivity index (χ3v) is 2.64. The van der Waals surface area contributed by atoms with Gasteiger partial charge in [0.05, 0.1) is 17.8 Å². The maximum absolute atomic E-state index is 13.6. The van der Waals surface area contributed by atoms with Crippen LogP contribution < -0.4 is 10.6 Å². The van der Waals surface area contributed by atoms with Gasteiger partial charge in [0.15, 0.2) is 0 Å². The monoisotopic (exact) mass is 252 g/mol. The zero-order valence-electron chi connectivity index (χ0n) is 9.09. The molecule has 18 heavy (non-hydrogen) atoms. The predicted molar refractivity (Wildman–Crippen MR) is 58.7 cm³/mol. The number of fused-ring (bicyclic) bond motifs is 1. The summed E-state index contributed by atoms with van der Waals surface area (Å²) in [4.78, 5) is 34.6. The lowest BCUT2D eigenvalue weighted by molar-refractivity contribution is -0.138. The number of ketones is 1. The number of nitrogens with zero attached hydrogens (tertiary/aromatic N) is 1. The number of aliphatic carboxylic acids is 1. The molecule has 94 valence electrons. The molecule has 7 heteroatoms. The Bertz CT molecular complexity index is 558. The molecule has 1 amide bonds. The number of carbonyl (C=O) groups is 3. The van der Waals surface area contributed by atoms with Gasteiger partial charge in [-0.15, -0.1) is 0 Å². The van der Waals surface area contributed by atoms with Crippen molar-refractivity contribution < 1.29 is 23.9 Å². The van der Waals surface area contributed by atoms with Crippen molar-refractivity contribution >= 4 is 23.3 Å². The molecule has 1 aromatic carbocycles. The van der Waals surface area contributed by atoms with E-state index < -0.39 is 36.1 Å². The number of anilines is 1. The Kier molecular flexibility index (Phi) is 2.84. The van der Waals surface area contributed by atoms with Gasteiger partial charge in [-0.05, 0) is 12.1 Å². The number of rotatable bonds is 3. The summed E-state index contributed by atoms with van der Waals surface area (Å²) in [6.07, 6.45) is 0. The van der Waals surface area contributed by atoms with Gasteiger partial charge in [-0.2, -0.15) is 0 Å².